The number of halogens is 2. The number of hydrogen-bond acceptors (Lipinski definition) is 13. The Morgan fingerprint density at radius 1 is 0.920 bits per heavy atom. The van der Waals surface area contributed by atoms with Gasteiger partial charge in [0, 0.05) is 85.5 Å². The highest BCUT2D eigenvalue weighted by Gasteiger charge is 2.47. The quantitative estimate of drug-likeness (QED) is 0.0433. The smallest absolute Gasteiger partial charge is 0.319 e. The molecule has 2 amide bonds. The van der Waals surface area contributed by atoms with Gasteiger partial charge in [0.1, 0.15) is 28.6 Å². The number of rotatable bonds is 13. The number of piperidine rings is 3. The zero-order valence-corrected chi connectivity index (χ0v) is 43.0. The number of hydrogen-bond donors (Lipinski definition) is 5. The number of benzene rings is 3. The Balaban J connectivity index is 0.657. The minimum Gasteiger partial charge on any atom is -0.508 e. The van der Waals surface area contributed by atoms with Crippen LogP contribution in [-0.2, 0) is 9.59 Å². The van der Waals surface area contributed by atoms with Gasteiger partial charge < -0.3 is 40.6 Å². The normalized spacial score (nSPS) is 24.1. The predicted octanol–water partition coefficient (Wildman–Crippen LogP) is 8.52. The first-order valence-electron chi connectivity index (χ1n) is 27.5. The van der Waals surface area contributed by atoms with Gasteiger partial charge in [-0.1, -0.05) is 24.1 Å². The maximum Gasteiger partial charge on any atom is 0.319 e. The van der Waals surface area contributed by atoms with Crippen molar-refractivity contribution in [1.29, 1.82) is 5.41 Å². The third-order valence-electron chi connectivity index (χ3n) is 18.5. The van der Waals surface area contributed by atoms with Crippen molar-refractivity contribution in [2.75, 3.05) is 76.2 Å². The number of nitrogens with one attached hydrogen (secondary N) is 4. The molecule has 14 nitrogen and oxygen atoms in total. The van der Waals surface area contributed by atoms with Crippen LogP contribution in [0.2, 0.25) is 0 Å². The lowest BCUT2D eigenvalue weighted by molar-refractivity contribution is -0.134. The van der Waals surface area contributed by atoms with Crippen molar-refractivity contribution in [3.05, 3.63) is 77.0 Å². The molecule has 2 aliphatic carbocycles. The van der Waals surface area contributed by atoms with Gasteiger partial charge in [0.25, 0.3) is 0 Å². The molecule has 12 rings (SSSR count). The molecule has 3 unspecified atom stereocenters. The van der Waals surface area contributed by atoms with Crippen LogP contribution < -0.4 is 25.6 Å². The van der Waals surface area contributed by atoms with Gasteiger partial charge in [0.2, 0.25) is 11.8 Å². The van der Waals surface area contributed by atoms with E-state index in [1.54, 1.807) is 6.20 Å². The average Bonchev–Trinajstić information content (AvgIpc) is 4.11. The number of pyridine rings is 1. The molecule has 2 saturated carbocycles. The largest absolute Gasteiger partial charge is 0.508 e. The van der Waals surface area contributed by atoms with E-state index in [2.05, 4.69) is 53.7 Å². The van der Waals surface area contributed by atoms with E-state index >= 15 is 8.78 Å². The number of carbonyl (C=O) groups excluding carboxylic acids is 2. The summed E-state index contributed by atoms with van der Waals surface area (Å²) in [5.41, 5.74) is 3.67. The molecule has 75 heavy (non-hydrogen) atoms. The number of phenolic OH excluding ortho intramolecular Hbond substituents is 1. The topological polar surface area (TPSA) is 172 Å². The van der Waals surface area contributed by atoms with E-state index in [0.717, 1.165) is 102 Å². The van der Waals surface area contributed by atoms with Crippen LogP contribution in [0.15, 0.2) is 48.7 Å². The van der Waals surface area contributed by atoms with Crippen LogP contribution in [0, 0.1) is 52.1 Å². The molecular formula is C59H68F2N10O4. The Morgan fingerprint density at radius 2 is 1.68 bits per heavy atom. The Kier molecular flexibility index (Phi) is 13.2. The lowest BCUT2D eigenvalue weighted by Gasteiger charge is -2.47. The number of phenols is 1. The molecule has 7 heterocycles. The maximum absolute atomic E-state index is 17.2. The van der Waals surface area contributed by atoms with E-state index in [0.29, 0.717) is 58.4 Å². The summed E-state index contributed by atoms with van der Waals surface area (Å²) < 4.78 is 38.8. The molecule has 7 fully saturated rings. The second-order valence-electron chi connectivity index (χ2n) is 23.3. The number of carbonyl (C=O) groups is 2. The second-order valence-corrected chi connectivity index (χ2v) is 23.3. The number of likely N-dealkylation sites (tertiary alicyclic amines) is 2. The van der Waals surface area contributed by atoms with Crippen molar-refractivity contribution >= 4 is 50.7 Å². The molecule has 7 aliphatic rings. The number of aromatic hydroxyl groups is 1. The van der Waals surface area contributed by atoms with Crippen LogP contribution in [0.25, 0.3) is 32.9 Å². The summed E-state index contributed by atoms with van der Waals surface area (Å²) in [7, 11) is 1.86. The molecule has 392 valence electrons. The predicted molar refractivity (Wildman–Crippen MR) is 286 cm³/mol. The molecule has 5 aliphatic heterocycles. The Morgan fingerprint density at radius 3 is 2.39 bits per heavy atom. The fourth-order valence-corrected chi connectivity index (χ4v) is 13.8. The molecule has 3 atom stereocenters. The first-order chi connectivity index (χ1) is 36.4. The van der Waals surface area contributed by atoms with Crippen molar-refractivity contribution < 1.29 is 28.2 Å². The molecule has 2 bridgehead atoms. The second kappa shape index (κ2) is 20.0. The van der Waals surface area contributed by atoms with Crippen molar-refractivity contribution in [3.63, 3.8) is 0 Å². The number of fused-ring (bicyclic) bond motifs is 4. The molecule has 2 aromatic heterocycles. The number of amides is 2. The maximum atomic E-state index is 17.2. The summed E-state index contributed by atoms with van der Waals surface area (Å²) in [6.45, 7) is 8.36. The van der Waals surface area contributed by atoms with Crippen LogP contribution >= 0.6 is 0 Å². The molecule has 1 spiro atoms. The van der Waals surface area contributed by atoms with Gasteiger partial charge >= 0.3 is 6.01 Å². The standard InChI is InChI=1S/C59H68F2N10O4/c1-3-42-47(60)10-5-38-26-41(72)28-45(50(38)42)53-51(61)54-46(29-64-53)55(71-31-39-6-7-40(32-71)65-39)68-57(67-54)75-34-59(18-19-59)33-70-24-20-58(21-25-70)16-12-35(13-17-58)30-69-22-14-36(15-23-69)37-4-8-43(48(27-37)63-2)52(62)44-9-11-49(73)66-56(44)74/h1,4-5,8,10,26-29,35-36,39-40,44,62-63,65,72H,6-7,9,11-25,30-34H2,2H3,(H,66,73,74). The van der Waals surface area contributed by atoms with Crippen LogP contribution in [-0.4, -0.2) is 125 Å². The van der Waals surface area contributed by atoms with Crippen molar-refractivity contribution in [2.45, 2.75) is 108 Å². The van der Waals surface area contributed by atoms with E-state index in [4.69, 9.17) is 26.5 Å². The lowest BCUT2D eigenvalue weighted by atomic mass is 9.65. The zero-order valence-electron chi connectivity index (χ0n) is 43.0. The van der Waals surface area contributed by atoms with E-state index in [9.17, 15) is 14.7 Å². The lowest BCUT2D eigenvalue weighted by Crippen LogP contribution is -2.51. The molecule has 5 saturated heterocycles. The van der Waals surface area contributed by atoms with Gasteiger partial charge in [0.05, 0.1) is 29.2 Å². The van der Waals surface area contributed by atoms with Crippen LogP contribution in [0.3, 0.4) is 0 Å². The van der Waals surface area contributed by atoms with Crippen molar-refractivity contribution in [3.8, 4) is 35.4 Å². The number of aromatic nitrogens is 3. The summed E-state index contributed by atoms with van der Waals surface area (Å²) in [6.07, 6.45) is 22.1. The third kappa shape index (κ3) is 9.80. The van der Waals surface area contributed by atoms with Crippen molar-refractivity contribution in [1.82, 2.24) is 35.4 Å². The van der Waals surface area contributed by atoms with Crippen molar-refractivity contribution in [2.24, 2.45) is 22.7 Å². The molecular weight excluding hydrogens is 951 g/mol. The van der Waals surface area contributed by atoms with Crippen LogP contribution in [0.1, 0.15) is 112 Å². The first-order valence-corrected chi connectivity index (χ1v) is 27.5. The SMILES string of the molecule is C#Cc1c(F)ccc2cc(O)cc(-c3ncc4c(N5CC6CCC(C5)N6)nc(OCC5(CN6CCC7(CCC(CN8CCC(c9ccc(C(=N)C%10CCC(=O)NC%10=O)c(NC)c9)CC8)CC7)CC6)CC5)nc4c3F)c12. The molecule has 5 aromatic rings. The highest BCUT2D eigenvalue weighted by molar-refractivity contribution is 6.17. The number of imide groups is 1. The van der Waals surface area contributed by atoms with Gasteiger partial charge in [-0.2, -0.15) is 9.97 Å². The van der Waals surface area contributed by atoms with Gasteiger partial charge in [-0.15, -0.1) is 6.42 Å². The fourth-order valence-electron chi connectivity index (χ4n) is 13.8. The summed E-state index contributed by atoms with van der Waals surface area (Å²) in [5, 5.41) is 30.1. The monoisotopic (exact) mass is 1020 g/mol. The fraction of sp³-hybridized carbons (Fsp3) is 0.525. The average molecular weight is 1020 g/mol. The first kappa shape index (κ1) is 49.6. The van der Waals surface area contributed by atoms with E-state index in [-0.39, 0.29) is 63.5 Å². The molecule has 16 heteroatoms. The molecule has 5 N–H and O–H groups in total. The summed E-state index contributed by atoms with van der Waals surface area (Å²) >= 11 is 0. The highest BCUT2D eigenvalue weighted by Crippen LogP contribution is 2.51. The summed E-state index contributed by atoms with van der Waals surface area (Å²) in [6, 6.07) is 12.6. The molecule has 0 radical (unpaired) electrons. The Labute approximate surface area is 437 Å². The van der Waals surface area contributed by atoms with E-state index < -0.39 is 17.6 Å². The van der Waals surface area contributed by atoms with Gasteiger partial charge in [-0.05, 0) is 162 Å². The minimum atomic E-state index is -0.714. The van der Waals surface area contributed by atoms with E-state index in [1.807, 2.05) is 13.1 Å². The number of anilines is 2. The summed E-state index contributed by atoms with van der Waals surface area (Å²) in [4.78, 5) is 46.1. The number of nitrogens with zero attached hydrogens (tertiary/aromatic N) is 6. The number of ether oxygens (including phenoxy) is 1. The Hall–Kier alpha value is -6.28. The Bertz CT molecular complexity index is 3100. The zero-order chi connectivity index (χ0) is 51.6. The highest BCUT2D eigenvalue weighted by atomic mass is 19.1. The van der Waals surface area contributed by atoms with Gasteiger partial charge in [-0.3, -0.25) is 19.9 Å². The third-order valence-corrected chi connectivity index (χ3v) is 18.5. The number of terminal acetylenes is 1. The van der Waals surface area contributed by atoms with Gasteiger partial charge in [0.15, 0.2) is 5.82 Å². The summed E-state index contributed by atoms with van der Waals surface area (Å²) in [5.74, 6) is 1.50. The van der Waals surface area contributed by atoms with Crippen LogP contribution in [0.5, 0.6) is 11.8 Å². The molecule has 3 aromatic carbocycles. The van der Waals surface area contributed by atoms with Gasteiger partial charge in [-0.25, -0.2) is 8.78 Å². The minimum absolute atomic E-state index is 0.0131. The number of piperazine rings is 1. The van der Waals surface area contributed by atoms with Crippen LogP contribution in [0.4, 0.5) is 20.3 Å². The van der Waals surface area contributed by atoms with E-state index in [1.165, 1.54) is 74.9 Å².